The van der Waals surface area contributed by atoms with Crippen molar-refractivity contribution in [2.75, 3.05) is 5.73 Å². The first-order chi connectivity index (χ1) is 21.9. The third kappa shape index (κ3) is 8.79. The van der Waals surface area contributed by atoms with Crippen LogP contribution in [-0.2, 0) is 30.4 Å². The van der Waals surface area contributed by atoms with Crippen molar-refractivity contribution in [1.29, 1.82) is 0 Å². The summed E-state index contributed by atoms with van der Waals surface area (Å²) in [4.78, 5) is 7.35. The molecule has 0 aliphatic rings. The summed E-state index contributed by atoms with van der Waals surface area (Å²) in [5, 5.41) is 36.8. The van der Waals surface area contributed by atoms with Gasteiger partial charge < -0.3 is 24.5 Å². The number of rotatable bonds is 8. The van der Waals surface area contributed by atoms with Crippen LogP contribution in [0, 0.1) is 10.1 Å². The maximum atomic E-state index is 11.8. The standard InChI is InChI=1S/C26H18N6O12S3.3Li/c27-25-23(47(42,43)44)12-22(46(39,40)41)17-6-7-21(26(33)24(17)25)31-30-20-9-8-19(16-5-4-15(11-18(16)20)45(36,37)38)29-28-13-2-1-3-14(10-13)32(34)35;;;/h1-12,33H,27H2,(H,36,37,38)(H,39,40,41)(H,42,43,44);;;/q;3*+1/p-3. The van der Waals surface area contributed by atoms with Gasteiger partial charge in [0.1, 0.15) is 36.0 Å². The number of nitro groups is 1. The predicted molar refractivity (Wildman–Crippen MR) is 159 cm³/mol. The van der Waals surface area contributed by atoms with E-state index in [0.717, 1.165) is 30.3 Å². The molecule has 5 aromatic carbocycles. The van der Waals surface area contributed by atoms with Crippen LogP contribution >= 0.6 is 0 Å². The van der Waals surface area contributed by atoms with Crippen LogP contribution < -0.4 is 62.3 Å². The van der Waals surface area contributed by atoms with E-state index in [-0.39, 0.29) is 96.2 Å². The van der Waals surface area contributed by atoms with Gasteiger partial charge in [0.2, 0.25) is 0 Å². The van der Waals surface area contributed by atoms with Crippen molar-refractivity contribution in [1.82, 2.24) is 0 Å². The van der Waals surface area contributed by atoms with Crippen molar-refractivity contribution in [3.63, 3.8) is 0 Å². The van der Waals surface area contributed by atoms with Crippen LogP contribution in [0.1, 0.15) is 0 Å². The zero-order valence-electron chi connectivity index (χ0n) is 25.9. The Morgan fingerprint density at radius 1 is 0.620 bits per heavy atom. The molecule has 0 bridgehead atoms. The van der Waals surface area contributed by atoms with E-state index in [2.05, 4.69) is 20.5 Å². The zero-order chi connectivity index (χ0) is 34.5. The Morgan fingerprint density at radius 2 is 1.16 bits per heavy atom. The third-order valence-corrected chi connectivity index (χ3v) is 9.15. The normalized spacial score (nSPS) is 12.1. The molecule has 0 aliphatic heterocycles. The second-order valence-corrected chi connectivity index (χ2v) is 13.6. The van der Waals surface area contributed by atoms with E-state index in [4.69, 9.17) is 5.73 Å². The van der Waals surface area contributed by atoms with E-state index in [9.17, 15) is 54.1 Å². The Bertz CT molecular complexity index is 2570. The van der Waals surface area contributed by atoms with Crippen LogP contribution in [-0.4, -0.2) is 48.9 Å². The molecule has 0 spiro atoms. The minimum absolute atomic E-state index is 0. The van der Waals surface area contributed by atoms with Gasteiger partial charge in [-0.05, 0) is 42.5 Å². The first kappa shape index (κ1) is 42.5. The smallest absolute Gasteiger partial charge is 0.744 e. The molecule has 0 heterocycles. The average Bonchev–Trinajstić information content (AvgIpc) is 2.98. The fourth-order valence-corrected chi connectivity index (χ4v) is 6.37. The van der Waals surface area contributed by atoms with E-state index < -0.39 is 77.9 Å². The summed E-state index contributed by atoms with van der Waals surface area (Å²) >= 11 is 0. The van der Waals surface area contributed by atoms with E-state index >= 15 is 0 Å². The minimum Gasteiger partial charge on any atom is -0.744 e. The van der Waals surface area contributed by atoms with Crippen LogP contribution in [0.25, 0.3) is 21.5 Å². The van der Waals surface area contributed by atoms with Crippen LogP contribution in [0.3, 0.4) is 0 Å². The number of fused-ring (bicyclic) bond motifs is 2. The largest absolute Gasteiger partial charge is 1.00 e. The van der Waals surface area contributed by atoms with Gasteiger partial charge in [0, 0.05) is 28.3 Å². The molecule has 3 N–H and O–H groups in total. The molecule has 0 unspecified atom stereocenters. The SMILES string of the molecule is Nc1c(S(=O)(=O)[O-])cc(S(=O)(=O)[O-])c2ccc(N=Nc3ccc(N=Nc4cccc([N+](=O)[O-])c4)c4ccc(S(=O)(=O)[O-])cc34)c(O)c12.[Li+].[Li+].[Li+]. The summed E-state index contributed by atoms with van der Waals surface area (Å²) in [7, 11) is -15.8. The molecule has 0 fully saturated rings. The average molecular weight is 720 g/mol. The predicted octanol–water partition coefficient (Wildman–Crippen LogP) is -4.26. The number of nitro benzene ring substituents is 1. The Hall–Kier alpha value is -3.66. The summed E-state index contributed by atoms with van der Waals surface area (Å²) in [6, 6.07) is 13.3. The summed E-state index contributed by atoms with van der Waals surface area (Å²) < 4.78 is 106. The Balaban J connectivity index is 0.00000289. The fraction of sp³-hybridized carbons (Fsp3) is 0. The Morgan fingerprint density at radius 3 is 1.74 bits per heavy atom. The first-order valence-electron chi connectivity index (χ1n) is 12.5. The topological polar surface area (TPSA) is 310 Å². The number of aromatic hydroxyl groups is 1. The molecule has 0 saturated heterocycles. The number of non-ortho nitro benzene ring substituents is 1. The Labute approximate surface area is 318 Å². The van der Waals surface area contributed by atoms with Crippen molar-refractivity contribution in [3.8, 4) is 5.75 Å². The van der Waals surface area contributed by atoms with Crippen LogP contribution in [0.5, 0.6) is 5.75 Å². The summed E-state index contributed by atoms with van der Waals surface area (Å²) in [5.74, 6) is -0.964. The number of hydrogen-bond acceptors (Lipinski definition) is 17. The van der Waals surface area contributed by atoms with Gasteiger partial charge in [-0.25, -0.2) is 25.3 Å². The van der Waals surface area contributed by atoms with Gasteiger partial charge in [0.15, 0.2) is 5.75 Å². The quantitative estimate of drug-likeness (QED) is 0.0384. The molecule has 0 radical (unpaired) electrons. The first-order valence-corrected chi connectivity index (χ1v) is 16.7. The maximum Gasteiger partial charge on any atom is 1.00 e. The van der Waals surface area contributed by atoms with Gasteiger partial charge in [-0.1, -0.05) is 18.2 Å². The number of nitrogen functional groups attached to an aromatic ring is 1. The number of anilines is 1. The van der Waals surface area contributed by atoms with Gasteiger partial charge in [0.25, 0.3) is 5.69 Å². The molecule has 0 amide bonds. The molecule has 0 saturated carbocycles. The minimum atomic E-state index is -5.43. The second-order valence-electron chi connectivity index (χ2n) is 9.49. The van der Waals surface area contributed by atoms with Crippen molar-refractivity contribution < 1.29 is 106 Å². The number of nitrogens with zero attached hydrogens (tertiary/aromatic N) is 5. The number of nitrogens with two attached hydrogens (primary N) is 1. The maximum absolute atomic E-state index is 11.8. The molecule has 50 heavy (non-hydrogen) atoms. The summed E-state index contributed by atoms with van der Waals surface area (Å²) in [6.45, 7) is 0. The second kappa shape index (κ2) is 15.7. The molecule has 0 aliphatic carbocycles. The van der Waals surface area contributed by atoms with E-state index in [1.54, 1.807) is 0 Å². The molecule has 24 heteroatoms. The summed E-state index contributed by atoms with van der Waals surface area (Å²) in [6.07, 6.45) is 0. The number of phenolic OH excluding ortho intramolecular Hbond substituents is 1. The van der Waals surface area contributed by atoms with Crippen LogP contribution in [0.2, 0.25) is 0 Å². The van der Waals surface area contributed by atoms with Crippen LogP contribution in [0.4, 0.5) is 34.1 Å². The molecular weight excluding hydrogens is 705 g/mol. The molecule has 0 atom stereocenters. The zero-order valence-corrected chi connectivity index (χ0v) is 28.4. The summed E-state index contributed by atoms with van der Waals surface area (Å²) in [5.41, 5.74) is 4.33. The molecule has 18 nitrogen and oxygen atoms in total. The van der Waals surface area contributed by atoms with Gasteiger partial charge in [-0.2, -0.15) is 5.11 Å². The van der Waals surface area contributed by atoms with Gasteiger partial charge in [-0.3, -0.25) is 10.1 Å². The molecule has 5 aromatic rings. The van der Waals surface area contributed by atoms with E-state index in [1.807, 2.05) is 0 Å². The van der Waals surface area contributed by atoms with E-state index in [0.29, 0.717) is 0 Å². The monoisotopic (exact) mass is 720 g/mol. The van der Waals surface area contributed by atoms with Crippen molar-refractivity contribution in [2.24, 2.45) is 20.5 Å². The van der Waals surface area contributed by atoms with Gasteiger partial charge in [0.05, 0.1) is 47.7 Å². The number of phenols is 1. The van der Waals surface area contributed by atoms with Crippen LogP contribution in [0.15, 0.2) is 108 Å². The van der Waals surface area contributed by atoms with E-state index in [1.165, 1.54) is 36.4 Å². The molecule has 0 aromatic heterocycles. The third-order valence-electron chi connectivity index (χ3n) is 6.57. The van der Waals surface area contributed by atoms with Gasteiger partial charge >= 0.3 is 56.6 Å². The molecular formula is C26H15Li3N6O12S3. The fourth-order valence-electron chi connectivity index (χ4n) is 4.46. The number of azo groups is 2. The number of benzene rings is 5. The van der Waals surface area contributed by atoms with Crippen molar-refractivity contribution in [2.45, 2.75) is 14.7 Å². The molecule has 242 valence electrons. The van der Waals surface area contributed by atoms with Crippen molar-refractivity contribution in [3.05, 3.63) is 82.9 Å². The van der Waals surface area contributed by atoms with Gasteiger partial charge in [-0.15, -0.1) is 15.3 Å². The molecule has 5 rings (SSSR count). The Kier molecular flexibility index (Phi) is 13.4. The number of hydrogen-bond donors (Lipinski definition) is 2. The van der Waals surface area contributed by atoms with Crippen molar-refractivity contribution >= 4 is 86.0 Å².